The van der Waals surface area contributed by atoms with Crippen molar-refractivity contribution in [1.29, 1.82) is 0 Å². The minimum absolute atomic E-state index is 0.0596. The highest BCUT2D eigenvalue weighted by atomic mass is 16.6. The second-order valence-corrected chi connectivity index (χ2v) is 7.24. The van der Waals surface area contributed by atoms with E-state index in [1.807, 2.05) is 73.7 Å². The van der Waals surface area contributed by atoms with Crippen LogP contribution in [0.3, 0.4) is 0 Å². The Morgan fingerprint density at radius 2 is 1.48 bits per heavy atom. The largest absolute Gasteiger partial charge is 0.486 e. The van der Waals surface area contributed by atoms with Crippen LogP contribution < -0.4 is 19.5 Å². The second kappa shape index (κ2) is 7.17. The van der Waals surface area contributed by atoms with Gasteiger partial charge in [-0.25, -0.2) is 0 Å². The van der Waals surface area contributed by atoms with Crippen molar-refractivity contribution in [2.24, 2.45) is 0 Å². The van der Waals surface area contributed by atoms with Gasteiger partial charge in [0.05, 0.1) is 12.0 Å². The maximum atomic E-state index is 13.4. The molecule has 1 N–H and O–H groups in total. The van der Waals surface area contributed by atoms with Crippen molar-refractivity contribution in [3.63, 3.8) is 0 Å². The third-order valence-corrected chi connectivity index (χ3v) is 5.37. The summed E-state index contributed by atoms with van der Waals surface area (Å²) in [6.45, 7) is 3.06. The van der Waals surface area contributed by atoms with Gasteiger partial charge in [0.1, 0.15) is 24.7 Å². The molecule has 0 saturated carbocycles. The van der Waals surface area contributed by atoms with Crippen LogP contribution in [0.2, 0.25) is 0 Å². The van der Waals surface area contributed by atoms with Crippen molar-refractivity contribution in [2.45, 2.75) is 18.9 Å². The minimum Gasteiger partial charge on any atom is -0.486 e. The number of benzene rings is 3. The Kier molecular flexibility index (Phi) is 4.35. The molecule has 0 spiro atoms. The number of carbonyl (C=O) groups is 1. The highest BCUT2D eigenvalue weighted by Gasteiger charge is 2.33. The quantitative estimate of drug-likeness (QED) is 0.715. The van der Waals surface area contributed by atoms with Gasteiger partial charge in [0.15, 0.2) is 11.5 Å². The summed E-state index contributed by atoms with van der Waals surface area (Å²) in [5.41, 5.74) is 2.72. The first-order chi connectivity index (χ1) is 14.2. The number of hydrogen-bond acceptors (Lipinski definition) is 4. The van der Waals surface area contributed by atoms with Crippen LogP contribution in [0, 0.1) is 0 Å². The van der Waals surface area contributed by atoms with Crippen LogP contribution in [0.15, 0.2) is 66.7 Å². The normalized spacial score (nSPS) is 15.5. The molecule has 29 heavy (non-hydrogen) atoms. The predicted octanol–water partition coefficient (Wildman–Crippen LogP) is 4.57. The molecule has 5 rings (SSSR count). The van der Waals surface area contributed by atoms with E-state index >= 15 is 0 Å². The summed E-state index contributed by atoms with van der Waals surface area (Å²) >= 11 is 0. The molecule has 3 aromatic carbocycles. The van der Waals surface area contributed by atoms with E-state index in [1.54, 1.807) is 0 Å². The Morgan fingerprint density at radius 1 is 0.862 bits per heavy atom. The average molecular weight is 387 g/mol. The molecule has 5 nitrogen and oxygen atoms in total. The van der Waals surface area contributed by atoms with Gasteiger partial charge in [0.2, 0.25) is 5.91 Å². The smallest absolute Gasteiger partial charge is 0.232 e. The Bertz CT molecular complexity index is 1030. The van der Waals surface area contributed by atoms with Gasteiger partial charge in [-0.2, -0.15) is 0 Å². The van der Waals surface area contributed by atoms with Crippen LogP contribution in [-0.4, -0.2) is 19.1 Å². The standard InChI is InChI=1S/C24H21NO4/c1-15(16-10-11-21-22(14-16)28-13-12-27-21)25-24(26)23-17-6-2-4-8-19(17)29-20-9-5-3-7-18(20)23/h2-11,14-15,23H,12-13H2,1H3,(H,25,26)/t15-/m0/s1. The van der Waals surface area contributed by atoms with Crippen LogP contribution in [-0.2, 0) is 4.79 Å². The molecule has 2 aliphatic heterocycles. The lowest BCUT2D eigenvalue weighted by molar-refractivity contribution is -0.122. The van der Waals surface area contributed by atoms with Gasteiger partial charge in [0.25, 0.3) is 0 Å². The van der Waals surface area contributed by atoms with Gasteiger partial charge >= 0.3 is 0 Å². The third kappa shape index (κ3) is 3.18. The third-order valence-electron chi connectivity index (χ3n) is 5.37. The van der Waals surface area contributed by atoms with Gasteiger partial charge in [-0.3, -0.25) is 4.79 Å². The Labute approximate surface area is 169 Å². The molecule has 2 heterocycles. The number of hydrogen-bond donors (Lipinski definition) is 1. The molecule has 3 aromatic rings. The Hall–Kier alpha value is -3.47. The second-order valence-electron chi connectivity index (χ2n) is 7.24. The fourth-order valence-corrected chi connectivity index (χ4v) is 3.90. The first-order valence-corrected chi connectivity index (χ1v) is 9.76. The van der Waals surface area contributed by atoms with E-state index in [4.69, 9.17) is 14.2 Å². The van der Waals surface area contributed by atoms with Gasteiger partial charge in [0, 0.05) is 11.1 Å². The highest BCUT2D eigenvalue weighted by molar-refractivity contribution is 5.90. The molecule has 1 amide bonds. The molecule has 0 saturated heterocycles. The summed E-state index contributed by atoms with van der Waals surface area (Å²) < 4.78 is 17.3. The van der Waals surface area contributed by atoms with Gasteiger partial charge in [-0.15, -0.1) is 0 Å². The highest BCUT2D eigenvalue weighted by Crippen LogP contribution is 2.44. The zero-order valence-electron chi connectivity index (χ0n) is 16.1. The SMILES string of the molecule is C[C@H](NC(=O)C1c2ccccc2Oc2ccccc21)c1ccc2c(c1)OCCO2. The van der Waals surface area contributed by atoms with E-state index in [-0.39, 0.29) is 11.9 Å². The number of para-hydroxylation sites is 2. The summed E-state index contributed by atoms with van der Waals surface area (Å²) in [7, 11) is 0. The number of nitrogens with one attached hydrogen (secondary N) is 1. The van der Waals surface area contributed by atoms with E-state index < -0.39 is 5.92 Å². The molecule has 0 aliphatic carbocycles. The predicted molar refractivity (Wildman–Crippen MR) is 109 cm³/mol. The molecule has 2 aliphatic rings. The number of ether oxygens (including phenoxy) is 3. The number of rotatable bonds is 3. The molecule has 1 atom stereocenters. The first-order valence-electron chi connectivity index (χ1n) is 9.76. The zero-order chi connectivity index (χ0) is 19.8. The summed E-state index contributed by atoms with van der Waals surface area (Å²) in [4.78, 5) is 13.4. The summed E-state index contributed by atoms with van der Waals surface area (Å²) in [6.07, 6.45) is 0. The maximum Gasteiger partial charge on any atom is 0.232 e. The molecular weight excluding hydrogens is 366 g/mol. The van der Waals surface area contributed by atoms with E-state index in [2.05, 4.69) is 5.32 Å². The van der Waals surface area contributed by atoms with E-state index in [1.165, 1.54) is 0 Å². The monoisotopic (exact) mass is 387 g/mol. The van der Waals surface area contributed by atoms with Crippen molar-refractivity contribution in [3.8, 4) is 23.0 Å². The molecule has 0 bridgehead atoms. The fraction of sp³-hybridized carbons (Fsp3) is 0.208. The van der Waals surface area contributed by atoms with Crippen LogP contribution in [0.1, 0.15) is 35.6 Å². The van der Waals surface area contributed by atoms with Gasteiger partial charge < -0.3 is 19.5 Å². The lowest BCUT2D eigenvalue weighted by Crippen LogP contribution is -2.33. The molecule has 0 aromatic heterocycles. The lowest BCUT2D eigenvalue weighted by Gasteiger charge is -2.28. The Morgan fingerprint density at radius 3 is 2.17 bits per heavy atom. The van der Waals surface area contributed by atoms with Crippen molar-refractivity contribution in [3.05, 3.63) is 83.4 Å². The van der Waals surface area contributed by atoms with E-state index in [0.717, 1.165) is 39.7 Å². The van der Waals surface area contributed by atoms with E-state index in [9.17, 15) is 4.79 Å². The van der Waals surface area contributed by atoms with Crippen molar-refractivity contribution >= 4 is 5.91 Å². The molecular formula is C24H21NO4. The fourth-order valence-electron chi connectivity index (χ4n) is 3.90. The first kappa shape index (κ1) is 17.6. The molecule has 0 fully saturated rings. The zero-order valence-corrected chi connectivity index (χ0v) is 16.1. The number of carbonyl (C=O) groups excluding carboxylic acids is 1. The molecule has 146 valence electrons. The van der Waals surface area contributed by atoms with Crippen LogP contribution in [0.4, 0.5) is 0 Å². The summed E-state index contributed by atoms with van der Waals surface area (Å²) in [5, 5.41) is 3.16. The van der Waals surface area contributed by atoms with Crippen molar-refractivity contribution in [2.75, 3.05) is 13.2 Å². The Balaban J connectivity index is 1.44. The summed E-state index contributed by atoms with van der Waals surface area (Å²) in [5.74, 6) is 2.42. The average Bonchev–Trinajstić information content (AvgIpc) is 2.76. The number of fused-ring (bicyclic) bond motifs is 3. The number of amides is 1. The van der Waals surface area contributed by atoms with Gasteiger partial charge in [-0.05, 0) is 36.8 Å². The summed E-state index contributed by atoms with van der Waals surface area (Å²) in [6, 6.07) is 21.0. The van der Waals surface area contributed by atoms with Crippen LogP contribution >= 0.6 is 0 Å². The maximum absolute atomic E-state index is 13.4. The molecule has 0 unspecified atom stereocenters. The van der Waals surface area contributed by atoms with Crippen LogP contribution in [0.5, 0.6) is 23.0 Å². The minimum atomic E-state index is -0.421. The van der Waals surface area contributed by atoms with Gasteiger partial charge in [-0.1, -0.05) is 42.5 Å². The van der Waals surface area contributed by atoms with E-state index in [0.29, 0.717) is 13.2 Å². The molecule has 0 radical (unpaired) electrons. The topological polar surface area (TPSA) is 56.8 Å². The lowest BCUT2D eigenvalue weighted by atomic mass is 9.87. The van der Waals surface area contributed by atoms with Crippen molar-refractivity contribution < 1.29 is 19.0 Å². The molecule has 5 heteroatoms. The van der Waals surface area contributed by atoms with Crippen LogP contribution in [0.25, 0.3) is 0 Å². The van der Waals surface area contributed by atoms with Crippen molar-refractivity contribution in [1.82, 2.24) is 5.32 Å².